The van der Waals surface area contributed by atoms with Gasteiger partial charge in [0.25, 0.3) is 0 Å². The summed E-state index contributed by atoms with van der Waals surface area (Å²) in [6.07, 6.45) is 1.48. The molecule has 0 fully saturated rings. The number of rotatable bonds is 5. The number of nitrogens with zero attached hydrogens (tertiary/aromatic N) is 1. The predicted molar refractivity (Wildman–Crippen MR) is 55.9 cm³/mol. The molecule has 84 valence electrons. The van der Waals surface area contributed by atoms with Crippen molar-refractivity contribution in [3.05, 3.63) is 0 Å². The van der Waals surface area contributed by atoms with Gasteiger partial charge in [0.15, 0.2) is 0 Å². The van der Waals surface area contributed by atoms with Gasteiger partial charge in [-0.05, 0) is 13.5 Å². The summed E-state index contributed by atoms with van der Waals surface area (Å²) < 4.78 is 21.8. The molecule has 0 aromatic rings. The number of carbonyl (C=O) groups excluding carboxylic acids is 1. The molecule has 5 nitrogen and oxygen atoms in total. The van der Waals surface area contributed by atoms with Crippen LogP contribution < -0.4 is 5.32 Å². The number of nitrogens with one attached hydrogen (secondary N) is 1. The SMILES string of the molecule is CNC(CCS(C)(=O)=O)C(=O)N(C)C. The molecule has 0 heterocycles. The average Bonchev–Trinajstić information content (AvgIpc) is 2.02. The molecular formula is C8H18N2O3S. The van der Waals surface area contributed by atoms with Crippen LogP contribution in [0.3, 0.4) is 0 Å². The average molecular weight is 222 g/mol. The molecule has 0 aliphatic carbocycles. The highest BCUT2D eigenvalue weighted by Crippen LogP contribution is 1.98. The first kappa shape index (κ1) is 13.4. The van der Waals surface area contributed by atoms with Gasteiger partial charge in [0.1, 0.15) is 9.84 Å². The molecule has 1 unspecified atom stereocenters. The van der Waals surface area contributed by atoms with Crippen LogP contribution in [0.2, 0.25) is 0 Å². The normalized spacial score (nSPS) is 13.7. The summed E-state index contributed by atoms with van der Waals surface area (Å²) in [7, 11) is 1.94. The van der Waals surface area contributed by atoms with E-state index >= 15 is 0 Å². The fourth-order valence-electron chi connectivity index (χ4n) is 1.03. The molecule has 1 amide bonds. The minimum Gasteiger partial charge on any atom is -0.347 e. The van der Waals surface area contributed by atoms with Crippen molar-refractivity contribution in [1.82, 2.24) is 10.2 Å². The maximum absolute atomic E-state index is 11.5. The third-order valence-electron chi connectivity index (χ3n) is 1.86. The molecule has 0 aliphatic heterocycles. The quantitative estimate of drug-likeness (QED) is 0.654. The molecular weight excluding hydrogens is 204 g/mol. The van der Waals surface area contributed by atoms with Gasteiger partial charge in [0.2, 0.25) is 5.91 Å². The van der Waals surface area contributed by atoms with Crippen molar-refractivity contribution in [2.75, 3.05) is 33.2 Å². The van der Waals surface area contributed by atoms with Crippen LogP contribution in [0.25, 0.3) is 0 Å². The molecule has 0 bridgehead atoms. The van der Waals surface area contributed by atoms with E-state index in [1.807, 2.05) is 0 Å². The smallest absolute Gasteiger partial charge is 0.239 e. The van der Waals surface area contributed by atoms with Gasteiger partial charge >= 0.3 is 0 Å². The van der Waals surface area contributed by atoms with E-state index in [1.54, 1.807) is 21.1 Å². The standard InChI is InChI=1S/C8H18N2O3S/c1-9-7(8(11)10(2)3)5-6-14(4,12)13/h7,9H,5-6H2,1-4H3. The molecule has 14 heavy (non-hydrogen) atoms. The Balaban J connectivity index is 4.24. The van der Waals surface area contributed by atoms with Gasteiger partial charge in [-0.25, -0.2) is 8.42 Å². The number of hydrogen-bond donors (Lipinski definition) is 1. The van der Waals surface area contributed by atoms with Crippen molar-refractivity contribution < 1.29 is 13.2 Å². The summed E-state index contributed by atoms with van der Waals surface area (Å²) in [5, 5.41) is 2.80. The minimum absolute atomic E-state index is 0.0259. The Bertz CT molecular complexity index is 285. The molecule has 1 N–H and O–H groups in total. The van der Waals surface area contributed by atoms with Gasteiger partial charge in [0, 0.05) is 20.4 Å². The van der Waals surface area contributed by atoms with Crippen molar-refractivity contribution in [1.29, 1.82) is 0 Å². The molecule has 0 saturated carbocycles. The molecule has 0 radical (unpaired) electrons. The molecule has 0 aliphatic rings. The lowest BCUT2D eigenvalue weighted by Gasteiger charge is -2.19. The van der Waals surface area contributed by atoms with E-state index in [4.69, 9.17) is 0 Å². The maximum atomic E-state index is 11.5. The van der Waals surface area contributed by atoms with Gasteiger partial charge in [0.05, 0.1) is 11.8 Å². The molecule has 1 atom stereocenters. The van der Waals surface area contributed by atoms with E-state index in [9.17, 15) is 13.2 Å². The zero-order valence-electron chi connectivity index (χ0n) is 9.07. The number of hydrogen-bond acceptors (Lipinski definition) is 4. The number of likely N-dealkylation sites (N-methyl/N-ethyl adjacent to an activating group) is 2. The van der Waals surface area contributed by atoms with E-state index in [2.05, 4.69) is 5.32 Å². The monoisotopic (exact) mass is 222 g/mol. The van der Waals surface area contributed by atoms with Crippen molar-refractivity contribution in [3.63, 3.8) is 0 Å². The third-order valence-corrected chi connectivity index (χ3v) is 2.84. The first-order chi connectivity index (χ1) is 6.28. The first-order valence-electron chi connectivity index (χ1n) is 4.34. The van der Waals surface area contributed by atoms with Crippen molar-refractivity contribution in [2.24, 2.45) is 0 Å². The second-order valence-corrected chi connectivity index (χ2v) is 5.75. The van der Waals surface area contributed by atoms with E-state index in [0.717, 1.165) is 0 Å². The Hall–Kier alpha value is -0.620. The first-order valence-corrected chi connectivity index (χ1v) is 6.40. The molecule has 0 rings (SSSR count). The van der Waals surface area contributed by atoms with Gasteiger partial charge in [-0.3, -0.25) is 4.79 Å². The lowest BCUT2D eigenvalue weighted by Crippen LogP contribution is -2.42. The zero-order valence-corrected chi connectivity index (χ0v) is 9.89. The van der Waals surface area contributed by atoms with Crippen LogP contribution in [-0.2, 0) is 14.6 Å². The number of amides is 1. The van der Waals surface area contributed by atoms with Crippen LogP contribution in [0, 0.1) is 0 Å². The Morgan fingerprint density at radius 1 is 1.43 bits per heavy atom. The second-order valence-electron chi connectivity index (χ2n) is 3.49. The predicted octanol–water partition coefficient (Wildman–Crippen LogP) is -0.903. The summed E-state index contributed by atoms with van der Waals surface area (Å²) in [6.45, 7) is 0. The molecule has 0 aromatic heterocycles. The Morgan fingerprint density at radius 2 is 1.93 bits per heavy atom. The summed E-state index contributed by atoms with van der Waals surface area (Å²) in [5.41, 5.74) is 0. The Kier molecular flexibility index (Phi) is 5.07. The maximum Gasteiger partial charge on any atom is 0.239 e. The van der Waals surface area contributed by atoms with Crippen LogP contribution in [-0.4, -0.2) is 58.4 Å². The zero-order chi connectivity index (χ0) is 11.4. The van der Waals surface area contributed by atoms with E-state index in [1.165, 1.54) is 11.2 Å². The van der Waals surface area contributed by atoms with Crippen molar-refractivity contribution >= 4 is 15.7 Å². The van der Waals surface area contributed by atoms with Gasteiger partial charge in [-0.2, -0.15) is 0 Å². The van der Waals surface area contributed by atoms with Crippen LogP contribution in [0.5, 0.6) is 0 Å². The largest absolute Gasteiger partial charge is 0.347 e. The fourth-order valence-corrected chi connectivity index (χ4v) is 1.70. The highest BCUT2D eigenvalue weighted by Gasteiger charge is 2.19. The van der Waals surface area contributed by atoms with Crippen molar-refractivity contribution in [2.45, 2.75) is 12.5 Å². The van der Waals surface area contributed by atoms with E-state index in [-0.39, 0.29) is 11.7 Å². The molecule has 0 aromatic carbocycles. The minimum atomic E-state index is -3.00. The number of carbonyl (C=O) groups is 1. The van der Waals surface area contributed by atoms with Gasteiger partial charge in [-0.1, -0.05) is 0 Å². The van der Waals surface area contributed by atoms with E-state index in [0.29, 0.717) is 6.42 Å². The molecule has 6 heteroatoms. The fraction of sp³-hybridized carbons (Fsp3) is 0.875. The summed E-state index contributed by atoms with van der Waals surface area (Å²) >= 11 is 0. The summed E-state index contributed by atoms with van der Waals surface area (Å²) in [6, 6.07) is -0.417. The van der Waals surface area contributed by atoms with Gasteiger partial charge in [-0.15, -0.1) is 0 Å². The van der Waals surface area contributed by atoms with Crippen LogP contribution >= 0.6 is 0 Å². The van der Waals surface area contributed by atoms with E-state index < -0.39 is 15.9 Å². The summed E-state index contributed by atoms with van der Waals surface area (Å²) in [5.74, 6) is -0.0749. The molecule has 0 saturated heterocycles. The summed E-state index contributed by atoms with van der Waals surface area (Å²) in [4.78, 5) is 12.9. The van der Waals surface area contributed by atoms with Crippen LogP contribution in [0.4, 0.5) is 0 Å². The second kappa shape index (κ2) is 5.31. The van der Waals surface area contributed by atoms with Gasteiger partial charge < -0.3 is 10.2 Å². The van der Waals surface area contributed by atoms with Crippen LogP contribution in [0.1, 0.15) is 6.42 Å². The number of sulfone groups is 1. The van der Waals surface area contributed by atoms with Crippen LogP contribution in [0.15, 0.2) is 0 Å². The molecule has 0 spiro atoms. The Morgan fingerprint density at radius 3 is 2.21 bits per heavy atom. The lowest BCUT2D eigenvalue weighted by molar-refractivity contribution is -0.130. The third kappa shape index (κ3) is 5.18. The lowest BCUT2D eigenvalue weighted by atomic mass is 10.2. The van der Waals surface area contributed by atoms with Crippen molar-refractivity contribution in [3.8, 4) is 0 Å². The Labute approximate surface area is 85.4 Å². The topological polar surface area (TPSA) is 66.5 Å². The highest BCUT2D eigenvalue weighted by molar-refractivity contribution is 7.90. The highest BCUT2D eigenvalue weighted by atomic mass is 32.2.